The highest BCUT2D eigenvalue weighted by atomic mass is 19.2. The van der Waals surface area contributed by atoms with Gasteiger partial charge in [-0.1, -0.05) is 18.2 Å². The van der Waals surface area contributed by atoms with Crippen LogP contribution in [0.2, 0.25) is 0 Å². The molecular weight excluding hydrogens is 719 g/mol. The molecule has 50 heavy (non-hydrogen) atoms. The Morgan fingerprint density at radius 2 is 0.840 bits per heavy atom. The van der Waals surface area contributed by atoms with Gasteiger partial charge in [-0.05, 0) is 17.7 Å². The Hall–Kier alpha value is -5.36. The summed E-state index contributed by atoms with van der Waals surface area (Å²) >= 11 is 0. The van der Waals surface area contributed by atoms with E-state index in [1.807, 2.05) is 0 Å². The van der Waals surface area contributed by atoms with Crippen molar-refractivity contribution in [3.8, 4) is 33.8 Å². The number of benzene rings is 5. The number of hydrogen-bond acceptors (Lipinski definition) is 2. The van der Waals surface area contributed by atoms with Gasteiger partial charge in [0.05, 0.1) is 16.6 Å². The largest absolute Gasteiger partial charge is 0.635 e. The summed E-state index contributed by atoms with van der Waals surface area (Å²) < 4.78 is 244. The molecule has 0 radical (unpaired) electrons. The van der Waals surface area contributed by atoms with Crippen LogP contribution in [0.4, 0.5) is 70.2 Å². The Labute approximate surface area is 267 Å². The zero-order valence-corrected chi connectivity index (χ0v) is 23.5. The summed E-state index contributed by atoms with van der Waals surface area (Å²) in [6, 6.07) is 2.92. The summed E-state index contributed by atoms with van der Waals surface area (Å²) in [5.41, 5.74) is -9.66. The maximum atomic E-state index is 15.4. The molecule has 0 amide bonds. The molecule has 0 bridgehead atoms. The van der Waals surface area contributed by atoms with E-state index in [0.717, 1.165) is 6.07 Å². The summed E-state index contributed by atoms with van der Waals surface area (Å²) in [6.07, 6.45) is -0.826. The van der Waals surface area contributed by atoms with E-state index in [-0.39, 0.29) is 5.56 Å². The average molecular weight is 726 g/mol. The molecule has 258 valence electrons. The molecule has 0 saturated carbocycles. The van der Waals surface area contributed by atoms with Crippen molar-refractivity contribution in [3.63, 3.8) is 0 Å². The second kappa shape index (κ2) is 12.2. The standard InChI is InChI=1S/C31H7BF16O2/c33-10-3-1-2-9(16(10)35)32(49-30-8-6-7-4-5-11(34)17(36)12(7)13(8)18(37)25(44)28(30)47)50-31-15(21(40)24(43)27(46)29(31)48)14-19(38)22(41)26(45)23(42)20(14)39/h1-5H,6H2. The Kier molecular flexibility index (Phi) is 8.42. The van der Waals surface area contributed by atoms with Crippen LogP contribution in [-0.2, 0) is 6.42 Å². The van der Waals surface area contributed by atoms with Gasteiger partial charge in [-0.2, -0.15) is 8.78 Å². The minimum Gasteiger partial charge on any atom is -0.519 e. The highest BCUT2D eigenvalue weighted by Crippen LogP contribution is 2.48. The lowest BCUT2D eigenvalue weighted by Crippen LogP contribution is -2.45. The normalized spacial score (nSPS) is 11.9. The molecule has 2 nitrogen and oxygen atoms in total. The SMILES string of the molecule is Fc1cccc(B(Oc2c(F)c(F)c(F)c3c2Cc2ccc(F)c(F)c2-3)Oc2c(F)c(F)c(F)c(F)c2-c2c(F)c(F)c(F)c(F)c2F)c1F. The second-order valence-electron chi connectivity index (χ2n) is 10.3. The van der Waals surface area contributed by atoms with E-state index in [9.17, 15) is 48.3 Å². The third-order valence-electron chi connectivity index (χ3n) is 7.55. The lowest BCUT2D eigenvalue weighted by atomic mass is 9.77. The first-order chi connectivity index (χ1) is 23.5. The van der Waals surface area contributed by atoms with Gasteiger partial charge in [-0.3, -0.25) is 0 Å². The van der Waals surface area contributed by atoms with Crippen LogP contribution >= 0.6 is 0 Å². The third kappa shape index (κ3) is 5.00. The molecule has 0 saturated heterocycles. The Morgan fingerprint density at radius 3 is 1.46 bits per heavy atom. The van der Waals surface area contributed by atoms with Gasteiger partial charge in [0.2, 0.25) is 23.3 Å². The van der Waals surface area contributed by atoms with Crippen molar-refractivity contribution in [1.29, 1.82) is 0 Å². The molecule has 0 spiro atoms. The monoisotopic (exact) mass is 726 g/mol. The van der Waals surface area contributed by atoms with Crippen LogP contribution < -0.4 is 14.8 Å². The van der Waals surface area contributed by atoms with Crippen molar-refractivity contribution in [3.05, 3.63) is 135 Å². The van der Waals surface area contributed by atoms with E-state index in [4.69, 9.17) is 9.31 Å². The topological polar surface area (TPSA) is 18.5 Å². The number of hydrogen-bond donors (Lipinski definition) is 0. The van der Waals surface area contributed by atoms with Crippen LogP contribution in [0.3, 0.4) is 0 Å². The first kappa shape index (κ1) is 34.5. The van der Waals surface area contributed by atoms with Gasteiger partial charge >= 0.3 is 7.12 Å². The van der Waals surface area contributed by atoms with Gasteiger partial charge in [0.25, 0.3) is 0 Å². The molecular formula is C31H7BF16O2. The molecule has 0 aliphatic heterocycles. The van der Waals surface area contributed by atoms with Crippen LogP contribution in [0.1, 0.15) is 11.1 Å². The molecule has 0 unspecified atom stereocenters. The van der Waals surface area contributed by atoms with Crippen LogP contribution in [0, 0.1) is 93.1 Å². The number of rotatable bonds is 6. The van der Waals surface area contributed by atoms with Crippen molar-refractivity contribution in [2.75, 3.05) is 0 Å². The molecule has 0 N–H and O–H groups in total. The third-order valence-corrected chi connectivity index (χ3v) is 7.55. The molecule has 0 atom stereocenters. The molecule has 5 aromatic carbocycles. The molecule has 0 heterocycles. The quantitative estimate of drug-likeness (QED) is 0.0739. The van der Waals surface area contributed by atoms with E-state index >= 15 is 22.0 Å². The fourth-order valence-corrected chi connectivity index (χ4v) is 5.27. The maximum Gasteiger partial charge on any atom is 0.635 e. The Bertz CT molecular complexity index is 2270. The van der Waals surface area contributed by atoms with Crippen LogP contribution in [0.25, 0.3) is 22.3 Å². The van der Waals surface area contributed by atoms with E-state index in [2.05, 4.69) is 0 Å². The molecule has 6 rings (SSSR count). The van der Waals surface area contributed by atoms with E-state index in [1.54, 1.807) is 0 Å². The van der Waals surface area contributed by atoms with Gasteiger partial charge < -0.3 is 9.31 Å². The fraction of sp³-hybridized carbons (Fsp3) is 0.0323. The van der Waals surface area contributed by atoms with Gasteiger partial charge in [0.15, 0.2) is 75.6 Å². The second-order valence-corrected chi connectivity index (χ2v) is 10.3. The highest BCUT2D eigenvalue weighted by Gasteiger charge is 2.42. The van der Waals surface area contributed by atoms with Crippen LogP contribution in [-0.4, -0.2) is 7.12 Å². The molecule has 1 aliphatic carbocycles. The lowest BCUT2D eigenvalue weighted by molar-refractivity contribution is 0.358. The number of halogens is 16. The minimum absolute atomic E-state index is 0.329. The summed E-state index contributed by atoms with van der Waals surface area (Å²) in [7, 11) is -3.17. The van der Waals surface area contributed by atoms with Crippen molar-refractivity contribution in [1.82, 2.24) is 0 Å². The molecule has 0 aromatic heterocycles. The summed E-state index contributed by atoms with van der Waals surface area (Å²) in [5, 5.41) is 0. The van der Waals surface area contributed by atoms with Crippen LogP contribution in [0.5, 0.6) is 11.5 Å². The summed E-state index contributed by atoms with van der Waals surface area (Å²) in [6.45, 7) is 0. The molecule has 19 heteroatoms. The zero-order chi connectivity index (χ0) is 36.7. The van der Waals surface area contributed by atoms with Gasteiger partial charge in [-0.25, -0.2) is 61.5 Å². The predicted octanol–water partition coefficient (Wildman–Crippen LogP) is 9.00. The molecule has 1 aliphatic rings. The average Bonchev–Trinajstić information content (AvgIpc) is 3.49. The summed E-state index contributed by atoms with van der Waals surface area (Å²) in [4.78, 5) is 0. The van der Waals surface area contributed by atoms with Crippen molar-refractivity contribution >= 4 is 12.6 Å². The van der Waals surface area contributed by atoms with Crippen molar-refractivity contribution in [2.24, 2.45) is 0 Å². The fourth-order valence-electron chi connectivity index (χ4n) is 5.27. The van der Waals surface area contributed by atoms with Gasteiger partial charge in [-0.15, -0.1) is 0 Å². The lowest BCUT2D eigenvalue weighted by Gasteiger charge is -2.23. The Balaban J connectivity index is 1.63. The molecule has 5 aromatic rings. The first-order valence-corrected chi connectivity index (χ1v) is 13.3. The van der Waals surface area contributed by atoms with E-state index < -0.39 is 151 Å². The van der Waals surface area contributed by atoms with Crippen molar-refractivity contribution in [2.45, 2.75) is 6.42 Å². The summed E-state index contributed by atoms with van der Waals surface area (Å²) in [5.74, 6) is -44.1. The van der Waals surface area contributed by atoms with Crippen LogP contribution in [0.15, 0.2) is 30.3 Å². The smallest absolute Gasteiger partial charge is 0.519 e. The predicted molar refractivity (Wildman–Crippen MR) is 139 cm³/mol. The molecule has 0 fully saturated rings. The first-order valence-electron chi connectivity index (χ1n) is 13.3. The zero-order valence-electron chi connectivity index (χ0n) is 23.5. The minimum atomic E-state index is -3.17. The van der Waals surface area contributed by atoms with E-state index in [0.29, 0.717) is 24.3 Å². The van der Waals surface area contributed by atoms with E-state index in [1.165, 1.54) is 0 Å². The Morgan fingerprint density at radius 1 is 0.380 bits per heavy atom. The maximum absolute atomic E-state index is 15.4. The highest BCUT2D eigenvalue weighted by molar-refractivity contribution is 6.63. The van der Waals surface area contributed by atoms with Crippen molar-refractivity contribution < 1.29 is 79.6 Å². The number of fused-ring (bicyclic) bond motifs is 3. The van der Waals surface area contributed by atoms with Gasteiger partial charge in [0, 0.05) is 23.1 Å². The van der Waals surface area contributed by atoms with Gasteiger partial charge in [0.1, 0.15) is 5.75 Å².